The van der Waals surface area contributed by atoms with Crippen LogP contribution in [-0.4, -0.2) is 30.4 Å². The van der Waals surface area contributed by atoms with Crippen LogP contribution < -0.4 is 19.7 Å². The molecule has 3 rings (SSSR count). The van der Waals surface area contributed by atoms with E-state index in [2.05, 4.69) is 5.32 Å². The van der Waals surface area contributed by atoms with Gasteiger partial charge in [0.2, 0.25) is 5.91 Å². The van der Waals surface area contributed by atoms with Crippen LogP contribution in [-0.2, 0) is 9.59 Å². The molecule has 1 aliphatic heterocycles. The smallest absolute Gasteiger partial charge is 0.270 e. The molecule has 0 aliphatic carbocycles. The van der Waals surface area contributed by atoms with Crippen LogP contribution in [0.15, 0.2) is 47.4 Å². The van der Waals surface area contributed by atoms with Gasteiger partial charge < -0.3 is 14.8 Å². The molecule has 0 atom stereocenters. The number of methoxy groups -OCH3 is 2. The third-order valence-corrected chi connectivity index (χ3v) is 5.25. The van der Waals surface area contributed by atoms with Gasteiger partial charge in [-0.3, -0.25) is 14.5 Å². The first-order valence-corrected chi connectivity index (χ1v) is 9.53. The van der Waals surface area contributed by atoms with Gasteiger partial charge in [0.25, 0.3) is 5.91 Å². The average Bonchev–Trinajstić information content (AvgIpc) is 2.95. The third kappa shape index (κ3) is 4.18. The molecule has 0 spiro atoms. The Kier molecular flexibility index (Phi) is 6.01. The highest BCUT2D eigenvalue weighted by molar-refractivity contribution is 8.27. The van der Waals surface area contributed by atoms with Gasteiger partial charge in [0, 0.05) is 12.6 Å². The Hall–Kier alpha value is -2.84. The van der Waals surface area contributed by atoms with E-state index in [9.17, 15) is 9.59 Å². The zero-order valence-electron chi connectivity index (χ0n) is 15.5. The molecule has 1 heterocycles. The zero-order valence-corrected chi connectivity index (χ0v) is 17.1. The van der Waals surface area contributed by atoms with Gasteiger partial charge in [-0.05, 0) is 48.0 Å². The molecule has 1 saturated heterocycles. The highest BCUT2D eigenvalue weighted by Gasteiger charge is 2.33. The van der Waals surface area contributed by atoms with E-state index in [1.54, 1.807) is 56.7 Å². The normalized spacial score (nSPS) is 15.1. The van der Waals surface area contributed by atoms with Crippen LogP contribution in [0.4, 0.5) is 11.4 Å². The van der Waals surface area contributed by atoms with Gasteiger partial charge in [0.15, 0.2) is 15.8 Å². The largest absolute Gasteiger partial charge is 0.493 e. The highest BCUT2D eigenvalue weighted by atomic mass is 32.2. The second-order valence-corrected chi connectivity index (χ2v) is 7.54. The Labute approximate surface area is 172 Å². The number of thioether (sulfide) groups is 1. The number of amides is 2. The van der Waals surface area contributed by atoms with E-state index in [0.29, 0.717) is 32.1 Å². The minimum Gasteiger partial charge on any atom is -0.493 e. The third-order valence-electron chi connectivity index (χ3n) is 3.94. The number of hydrogen-bond acceptors (Lipinski definition) is 6. The van der Waals surface area contributed by atoms with E-state index in [0.717, 1.165) is 5.56 Å². The van der Waals surface area contributed by atoms with Gasteiger partial charge in [-0.2, -0.15) is 0 Å². The lowest BCUT2D eigenvalue weighted by molar-refractivity contribution is -0.114. The van der Waals surface area contributed by atoms with Crippen molar-refractivity contribution in [1.29, 1.82) is 0 Å². The van der Waals surface area contributed by atoms with Gasteiger partial charge in [-0.1, -0.05) is 30.0 Å². The topological polar surface area (TPSA) is 67.9 Å². The lowest BCUT2D eigenvalue weighted by Gasteiger charge is -2.15. The molecule has 0 unspecified atom stereocenters. The SMILES string of the molecule is COc1ccc(/C=C2/SC(=S)N(c3ccc(NC(C)=O)cc3)C2=O)cc1OC. The molecule has 1 fully saturated rings. The van der Waals surface area contributed by atoms with Gasteiger partial charge in [0.05, 0.1) is 24.8 Å². The fourth-order valence-corrected chi connectivity index (χ4v) is 3.98. The number of nitrogens with zero attached hydrogens (tertiary/aromatic N) is 1. The standard InChI is InChI=1S/C20H18N2O4S2/c1-12(23)21-14-5-7-15(8-6-14)22-19(24)18(28-20(22)27)11-13-4-9-16(25-2)17(10-13)26-3/h4-11H,1-3H3,(H,21,23)/b18-11+. The summed E-state index contributed by atoms with van der Waals surface area (Å²) in [6, 6.07) is 12.4. The summed E-state index contributed by atoms with van der Waals surface area (Å²) in [5.74, 6) is 0.847. The summed E-state index contributed by atoms with van der Waals surface area (Å²) in [7, 11) is 3.13. The summed E-state index contributed by atoms with van der Waals surface area (Å²) in [4.78, 5) is 26.0. The summed E-state index contributed by atoms with van der Waals surface area (Å²) < 4.78 is 11.0. The number of nitrogens with one attached hydrogen (secondary N) is 1. The van der Waals surface area contributed by atoms with Crippen molar-refractivity contribution in [3.05, 3.63) is 52.9 Å². The van der Waals surface area contributed by atoms with Crippen molar-refractivity contribution in [1.82, 2.24) is 0 Å². The van der Waals surface area contributed by atoms with E-state index < -0.39 is 0 Å². The molecule has 144 valence electrons. The minimum atomic E-state index is -0.197. The van der Waals surface area contributed by atoms with Crippen LogP contribution in [0.2, 0.25) is 0 Å². The molecule has 0 bridgehead atoms. The van der Waals surface area contributed by atoms with Gasteiger partial charge in [-0.15, -0.1) is 0 Å². The fourth-order valence-electron chi connectivity index (χ4n) is 2.68. The fraction of sp³-hybridized carbons (Fsp3) is 0.150. The molecule has 1 aliphatic rings. The van der Waals surface area contributed by atoms with E-state index in [-0.39, 0.29) is 11.8 Å². The van der Waals surface area contributed by atoms with Crippen LogP contribution in [0.5, 0.6) is 11.5 Å². The number of hydrogen-bond donors (Lipinski definition) is 1. The Morgan fingerprint density at radius 3 is 2.39 bits per heavy atom. The van der Waals surface area contributed by atoms with Crippen molar-refractivity contribution < 1.29 is 19.1 Å². The number of thiocarbonyl (C=S) groups is 1. The predicted octanol–water partition coefficient (Wildman–Crippen LogP) is 4.07. The summed E-state index contributed by atoms with van der Waals surface area (Å²) in [5.41, 5.74) is 2.11. The maximum absolute atomic E-state index is 12.9. The lowest BCUT2D eigenvalue weighted by Crippen LogP contribution is -2.27. The molecule has 1 N–H and O–H groups in total. The van der Waals surface area contributed by atoms with Crippen molar-refractivity contribution >= 4 is 57.6 Å². The van der Waals surface area contributed by atoms with Crippen molar-refractivity contribution in [2.24, 2.45) is 0 Å². The van der Waals surface area contributed by atoms with Crippen molar-refractivity contribution in [2.45, 2.75) is 6.92 Å². The molecular formula is C20H18N2O4S2. The molecule has 0 saturated carbocycles. The number of ether oxygens (including phenoxy) is 2. The van der Waals surface area contributed by atoms with Gasteiger partial charge in [-0.25, -0.2) is 0 Å². The molecule has 0 radical (unpaired) electrons. The van der Waals surface area contributed by atoms with Crippen molar-refractivity contribution in [3.63, 3.8) is 0 Å². The van der Waals surface area contributed by atoms with E-state index in [4.69, 9.17) is 21.7 Å². The summed E-state index contributed by atoms with van der Waals surface area (Å²) in [5, 5.41) is 2.69. The molecular weight excluding hydrogens is 396 g/mol. The van der Waals surface area contributed by atoms with Crippen LogP contribution >= 0.6 is 24.0 Å². The van der Waals surface area contributed by atoms with Crippen LogP contribution in [0.1, 0.15) is 12.5 Å². The molecule has 28 heavy (non-hydrogen) atoms. The van der Waals surface area contributed by atoms with E-state index >= 15 is 0 Å². The second kappa shape index (κ2) is 8.45. The molecule has 0 aromatic heterocycles. The number of rotatable bonds is 5. The number of carbonyl (C=O) groups excluding carboxylic acids is 2. The number of anilines is 2. The highest BCUT2D eigenvalue weighted by Crippen LogP contribution is 2.37. The Morgan fingerprint density at radius 1 is 1.11 bits per heavy atom. The first-order chi connectivity index (χ1) is 13.4. The Balaban J connectivity index is 1.85. The summed E-state index contributed by atoms with van der Waals surface area (Å²) >= 11 is 6.63. The predicted molar refractivity (Wildman–Crippen MR) is 116 cm³/mol. The monoisotopic (exact) mass is 414 g/mol. The zero-order chi connectivity index (χ0) is 20.3. The molecule has 2 aromatic rings. The average molecular weight is 415 g/mol. The van der Waals surface area contributed by atoms with Gasteiger partial charge in [0.1, 0.15) is 0 Å². The molecule has 8 heteroatoms. The Bertz CT molecular complexity index is 971. The van der Waals surface area contributed by atoms with E-state index in [1.165, 1.54) is 23.6 Å². The first-order valence-electron chi connectivity index (χ1n) is 8.30. The summed E-state index contributed by atoms with van der Waals surface area (Å²) in [6.45, 7) is 1.44. The number of benzene rings is 2. The maximum atomic E-state index is 12.9. The first kappa shape index (κ1) is 19.9. The second-order valence-electron chi connectivity index (χ2n) is 5.86. The lowest BCUT2D eigenvalue weighted by atomic mass is 10.2. The van der Waals surface area contributed by atoms with Crippen LogP contribution in [0, 0.1) is 0 Å². The number of carbonyl (C=O) groups is 2. The van der Waals surface area contributed by atoms with Crippen molar-refractivity contribution in [3.8, 4) is 11.5 Å². The summed E-state index contributed by atoms with van der Waals surface area (Å²) in [6.07, 6.45) is 1.77. The van der Waals surface area contributed by atoms with Crippen LogP contribution in [0.25, 0.3) is 6.08 Å². The maximum Gasteiger partial charge on any atom is 0.270 e. The van der Waals surface area contributed by atoms with Gasteiger partial charge >= 0.3 is 0 Å². The molecule has 2 amide bonds. The Morgan fingerprint density at radius 2 is 1.79 bits per heavy atom. The minimum absolute atomic E-state index is 0.156. The van der Waals surface area contributed by atoms with E-state index in [1.807, 2.05) is 6.07 Å². The molecule has 6 nitrogen and oxygen atoms in total. The quantitative estimate of drug-likeness (QED) is 0.588. The van der Waals surface area contributed by atoms with Crippen molar-refractivity contribution in [2.75, 3.05) is 24.4 Å². The van der Waals surface area contributed by atoms with Crippen LogP contribution in [0.3, 0.4) is 0 Å². The molecule has 2 aromatic carbocycles.